The molecule has 0 saturated heterocycles. The van der Waals surface area contributed by atoms with Gasteiger partial charge in [0.25, 0.3) is 0 Å². The lowest BCUT2D eigenvalue weighted by atomic mass is 9.76. The predicted octanol–water partition coefficient (Wildman–Crippen LogP) is 3.60. The van der Waals surface area contributed by atoms with Gasteiger partial charge in [-0.15, -0.1) is 9.24 Å². The first kappa shape index (κ1) is 14.9. The molecule has 4 heteroatoms. The van der Waals surface area contributed by atoms with Gasteiger partial charge in [-0.25, -0.2) is 8.78 Å². The van der Waals surface area contributed by atoms with E-state index in [2.05, 4.69) is 16.2 Å². The van der Waals surface area contributed by atoms with Crippen molar-refractivity contribution in [1.82, 2.24) is 0 Å². The second-order valence-corrected chi connectivity index (χ2v) is 6.31. The zero-order valence-electron chi connectivity index (χ0n) is 11.5. The smallest absolute Gasteiger partial charge is 0.166 e. The molecule has 0 heterocycles. The van der Waals surface area contributed by atoms with Crippen molar-refractivity contribution in [1.29, 1.82) is 0 Å². The molecule has 19 heavy (non-hydrogen) atoms. The van der Waals surface area contributed by atoms with Crippen LogP contribution >= 0.6 is 9.24 Å². The Balaban J connectivity index is 2.21. The number of rotatable bonds is 3. The lowest BCUT2D eigenvalue weighted by Crippen LogP contribution is -2.38. The summed E-state index contributed by atoms with van der Waals surface area (Å²) >= 11 is 0. The normalized spacial score (nSPS) is 27.5. The molecule has 1 saturated carbocycles. The summed E-state index contributed by atoms with van der Waals surface area (Å²) in [4.78, 5) is 0. The summed E-state index contributed by atoms with van der Waals surface area (Å²) < 4.78 is 33.2. The molecule has 0 radical (unpaired) electrons. The van der Waals surface area contributed by atoms with Crippen LogP contribution in [0.5, 0.6) is 0 Å². The van der Waals surface area contributed by atoms with Crippen LogP contribution in [0.15, 0.2) is 12.1 Å². The number of ether oxygens (including phenoxy) is 1. The minimum atomic E-state index is -0.766. The minimum absolute atomic E-state index is 0.269. The van der Waals surface area contributed by atoms with Gasteiger partial charge < -0.3 is 4.74 Å². The SMILES string of the molecule is COC1(Cc2ccc(P)c(F)c2F)CCC(C)CC1. The number of benzene rings is 1. The molecule has 1 unspecified atom stereocenters. The highest BCUT2D eigenvalue weighted by molar-refractivity contribution is 7.27. The summed E-state index contributed by atoms with van der Waals surface area (Å²) in [7, 11) is 3.88. The first-order valence-electron chi connectivity index (χ1n) is 6.75. The fourth-order valence-corrected chi connectivity index (χ4v) is 3.05. The van der Waals surface area contributed by atoms with Gasteiger partial charge >= 0.3 is 0 Å². The fourth-order valence-electron chi connectivity index (χ4n) is 2.83. The van der Waals surface area contributed by atoms with Crippen LogP contribution in [0.1, 0.15) is 38.2 Å². The molecule has 0 aliphatic heterocycles. The van der Waals surface area contributed by atoms with Gasteiger partial charge in [0.15, 0.2) is 11.6 Å². The second kappa shape index (κ2) is 5.85. The summed E-state index contributed by atoms with van der Waals surface area (Å²) in [5, 5.41) is 0.269. The molecule has 1 aliphatic rings. The Kier molecular flexibility index (Phi) is 4.58. The Morgan fingerprint density at radius 1 is 1.26 bits per heavy atom. The van der Waals surface area contributed by atoms with Crippen molar-refractivity contribution in [2.45, 2.75) is 44.6 Å². The molecular weight excluding hydrogens is 265 g/mol. The minimum Gasteiger partial charge on any atom is -0.378 e. The summed E-state index contributed by atoms with van der Waals surface area (Å²) in [6.07, 6.45) is 4.44. The van der Waals surface area contributed by atoms with Crippen LogP contribution in [0.25, 0.3) is 0 Å². The standard InChI is InChI=1S/C15H21F2OP/c1-10-5-7-15(18-2,8-6-10)9-11-3-4-12(19)14(17)13(11)16/h3-4,10H,5-9,19H2,1-2H3. The lowest BCUT2D eigenvalue weighted by molar-refractivity contribution is -0.0475. The van der Waals surface area contributed by atoms with E-state index in [1.165, 1.54) is 0 Å². The monoisotopic (exact) mass is 286 g/mol. The molecule has 0 amide bonds. The van der Waals surface area contributed by atoms with Crippen LogP contribution in [0, 0.1) is 17.6 Å². The molecule has 0 bridgehead atoms. The Bertz CT molecular complexity index is 454. The molecule has 1 aliphatic carbocycles. The highest BCUT2D eigenvalue weighted by Crippen LogP contribution is 2.37. The van der Waals surface area contributed by atoms with Crippen LogP contribution < -0.4 is 5.30 Å². The van der Waals surface area contributed by atoms with E-state index in [1.54, 1.807) is 19.2 Å². The van der Waals surface area contributed by atoms with Crippen molar-refractivity contribution in [2.24, 2.45) is 5.92 Å². The summed E-state index contributed by atoms with van der Waals surface area (Å²) in [6.45, 7) is 2.23. The first-order valence-corrected chi connectivity index (χ1v) is 7.33. The molecule has 1 atom stereocenters. The third-order valence-electron chi connectivity index (χ3n) is 4.32. The van der Waals surface area contributed by atoms with Crippen molar-refractivity contribution in [3.05, 3.63) is 29.3 Å². The number of methoxy groups -OCH3 is 1. The highest BCUT2D eigenvalue weighted by atomic mass is 31.0. The maximum atomic E-state index is 14.0. The van der Waals surface area contributed by atoms with E-state index >= 15 is 0 Å². The Labute approximate surface area is 115 Å². The van der Waals surface area contributed by atoms with Crippen LogP contribution in [-0.4, -0.2) is 12.7 Å². The fraction of sp³-hybridized carbons (Fsp3) is 0.600. The maximum absolute atomic E-state index is 14.0. The van der Waals surface area contributed by atoms with Crippen molar-refractivity contribution in [3.63, 3.8) is 0 Å². The van der Waals surface area contributed by atoms with E-state index in [-0.39, 0.29) is 10.9 Å². The van der Waals surface area contributed by atoms with Gasteiger partial charge in [-0.1, -0.05) is 19.1 Å². The summed E-state index contributed by atoms with van der Waals surface area (Å²) in [6, 6.07) is 3.27. The predicted molar refractivity (Wildman–Crippen MR) is 76.8 cm³/mol. The van der Waals surface area contributed by atoms with Gasteiger partial charge in [0, 0.05) is 18.8 Å². The second-order valence-electron chi connectivity index (χ2n) is 5.69. The third kappa shape index (κ3) is 3.14. The summed E-state index contributed by atoms with van der Waals surface area (Å²) in [5.74, 6) is -0.806. The molecule has 1 fully saturated rings. The molecule has 1 aromatic rings. The largest absolute Gasteiger partial charge is 0.378 e. The Hall–Kier alpha value is -0.530. The molecule has 1 nitrogen and oxygen atoms in total. The Morgan fingerprint density at radius 2 is 1.89 bits per heavy atom. The van der Waals surface area contributed by atoms with Crippen molar-refractivity contribution in [3.8, 4) is 0 Å². The van der Waals surface area contributed by atoms with Gasteiger partial charge in [-0.2, -0.15) is 0 Å². The van der Waals surface area contributed by atoms with Crippen molar-refractivity contribution in [2.75, 3.05) is 7.11 Å². The zero-order valence-corrected chi connectivity index (χ0v) is 12.7. The topological polar surface area (TPSA) is 9.23 Å². The van der Waals surface area contributed by atoms with Crippen LogP contribution in [0.2, 0.25) is 0 Å². The van der Waals surface area contributed by atoms with E-state index in [0.717, 1.165) is 25.7 Å². The van der Waals surface area contributed by atoms with E-state index in [9.17, 15) is 8.78 Å². The molecule has 0 N–H and O–H groups in total. The number of hydrogen-bond acceptors (Lipinski definition) is 1. The molecule has 0 spiro atoms. The quantitative estimate of drug-likeness (QED) is 0.771. The van der Waals surface area contributed by atoms with Gasteiger partial charge in [-0.3, -0.25) is 0 Å². The van der Waals surface area contributed by atoms with Crippen LogP contribution in [0.3, 0.4) is 0 Å². The maximum Gasteiger partial charge on any atom is 0.166 e. The molecule has 2 rings (SSSR count). The van der Waals surface area contributed by atoms with E-state index in [0.29, 0.717) is 17.9 Å². The van der Waals surface area contributed by atoms with Gasteiger partial charge in [0.2, 0.25) is 0 Å². The van der Waals surface area contributed by atoms with E-state index < -0.39 is 11.6 Å². The number of halogens is 2. The van der Waals surface area contributed by atoms with Gasteiger partial charge in [0.05, 0.1) is 5.60 Å². The molecule has 1 aromatic carbocycles. The van der Waals surface area contributed by atoms with E-state index in [4.69, 9.17) is 4.74 Å². The van der Waals surface area contributed by atoms with Crippen molar-refractivity contribution < 1.29 is 13.5 Å². The number of hydrogen-bond donors (Lipinski definition) is 0. The lowest BCUT2D eigenvalue weighted by Gasteiger charge is -2.38. The molecular formula is C15H21F2OP. The first-order chi connectivity index (χ1) is 8.97. The van der Waals surface area contributed by atoms with Crippen LogP contribution in [0.4, 0.5) is 8.78 Å². The van der Waals surface area contributed by atoms with E-state index in [1.807, 2.05) is 0 Å². The Morgan fingerprint density at radius 3 is 2.47 bits per heavy atom. The van der Waals surface area contributed by atoms with Gasteiger partial charge in [-0.05, 0) is 37.2 Å². The molecule has 106 valence electrons. The zero-order chi connectivity index (χ0) is 14.0. The molecule has 0 aromatic heterocycles. The van der Waals surface area contributed by atoms with Gasteiger partial charge in [0.1, 0.15) is 0 Å². The average molecular weight is 286 g/mol. The summed E-state index contributed by atoms with van der Waals surface area (Å²) in [5.41, 5.74) is 0.0856. The van der Waals surface area contributed by atoms with Crippen molar-refractivity contribution >= 4 is 14.5 Å². The third-order valence-corrected chi connectivity index (χ3v) is 4.77. The van der Waals surface area contributed by atoms with Crippen LogP contribution in [-0.2, 0) is 11.2 Å². The average Bonchev–Trinajstić information content (AvgIpc) is 2.42. The highest BCUT2D eigenvalue weighted by Gasteiger charge is 2.35.